The largest absolute Gasteiger partial charge is 0.493 e. The number of pyridine rings is 1. The van der Waals surface area contributed by atoms with Gasteiger partial charge in [0.1, 0.15) is 11.6 Å². The van der Waals surface area contributed by atoms with Gasteiger partial charge < -0.3 is 10.1 Å². The Morgan fingerprint density at radius 2 is 1.96 bits per heavy atom. The van der Waals surface area contributed by atoms with Gasteiger partial charge in [-0.1, -0.05) is 6.07 Å². The summed E-state index contributed by atoms with van der Waals surface area (Å²) in [5.74, 6) is -1.32. The predicted molar refractivity (Wildman–Crippen MR) is 82.7 cm³/mol. The zero-order chi connectivity index (χ0) is 16.8. The molecule has 2 N–H and O–H groups in total. The number of nitrogens with one attached hydrogen (secondary N) is 1. The third-order valence-corrected chi connectivity index (χ3v) is 4.25. The van der Waals surface area contributed by atoms with Crippen molar-refractivity contribution in [3.63, 3.8) is 0 Å². The minimum Gasteiger partial charge on any atom is -0.493 e. The molecule has 1 aliphatic rings. The summed E-state index contributed by atoms with van der Waals surface area (Å²) in [6.45, 7) is 0. The first-order valence-electron chi connectivity index (χ1n) is 7.44. The highest BCUT2D eigenvalue weighted by atomic mass is 19.1. The van der Waals surface area contributed by atoms with Crippen LogP contribution in [0.4, 0.5) is 8.78 Å². The van der Waals surface area contributed by atoms with Gasteiger partial charge in [0.05, 0.1) is 11.9 Å². The van der Waals surface area contributed by atoms with Crippen LogP contribution in [0, 0.1) is 11.6 Å². The van der Waals surface area contributed by atoms with Gasteiger partial charge in [0.25, 0.3) is 0 Å². The van der Waals surface area contributed by atoms with Crippen LogP contribution in [0.15, 0.2) is 47.5 Å². The predicted octanol–water partition coefficient (Wildman–Crippen LogP) is 2.95. The van der Waals surface area contributed by atoms with Gasteiger partial charge in [0, 0.05) is 29.8 Å². The van der Waals surface area contributed by atoms with Crippen molar-refractivity contribution in [1.29, 1.82) is 0 Å². The van der Waals surface area contributed by atoms with E-state index in [4.69, 9.17) is 0 Å². The lowest BCUT2D eigenvalue weighted by molar-refractivity contribution is 0.413. The molecule has 1 aromatic carbocycles. The molecule has 0 amide bonds. The molecule has 0 unspecified atom stereocenters. The molecule has 0 spiro atoms. The molecule has 24 heavy (non-hydrogen) atoms. The van der Waals surface area contributed by atoms with E-state index in [-0.39, 0.29) is 23.5 Å². The summed E-state index contributed by atoms with van der Waals surface area (Å²) in [5.41, 5.74) is 1.40. The molecule has 2 aromatic heterocycles. The molecule has 3 aromatic rings. The molecule has 0 saturated heterocycles. The number of hydrogen-bond donors (Lipinski definition) is 2. The van der Waals surface area contributed by atoms with E-state index in [1.165, 1.54) is 22.9 Å². The van der Waals surface area contributed by atoms with Gasteiger partial charge >= 0.3 is 5.69 Å². The Morgan fingerprint density at radius 1 is 1.21 bits per heavy atom. The molecule has 0 bridgehead atoms. The van der Waals surface area contributed by atoms with Gasteiger partial charge in [-0.3, -0.25) is 9.55 Å². The van der Waals surface area contributed by atoms with Crippen molar-refractivity contribution in [2.24, 2.45) is 0 Å². The molecule has 1 fully saturated rings. The van der Waals surface area contributed by atoms with Gasteiger partial charge in [-0.05, 0) is 30.2 Å². The van der Waals surface area contributed by atoms with Crippen molar-refractivity contribution in [2.45, 2.75) is 18.4 Å². The first-order valence-corrected chi connectivity index (χ1v) is 7.44. The fourth-order valence-corrected chi connectivity index (χ4v) is 3.01. The number of aromatic amines is 1. The lowest BCUT2D eigenvalue weighted by atomic mass is 10.1. The Balaban J connectivity index is 1.58. The maximum Gasteiger partial charge on any atom is 0.328 e. The summed E-state index contributed by atoms with van der Waals surface area (Å²) in [6, 6.07) is 6.67. The van der Waals surface area contributed by atoms with Crippen molar-refractivity contribution in [3.05, 3.63) is 70.4 Å². The third kappa shape index (κ3) is 2.47. The second kappa shape index (κ2) is 5.30. The number of aromatic nitrogens is 3. The van der Waals surface area contributed by atoms with Gasteiger partial charge in [0.15, 0.2) is 0 Å². The fraction of sp³-hybridized carbons (Fsp3) is 0.176. The maximum absolute atomic E-state index is 13.3. The summed E-state index contributed by atoms with van der Waals surface area (Å²) in [5, 5.41) is 9.70. The Kier molecular flexibility index (Phi) is 3.23. The van der Waals surface area contributed by atoms with E-state index in [1.54, 1.807) is 12.3 Å². The lowest BCUT2D eigenvalue weighted by Crippen LogP contribution is -2.15. The van der Waals surface area contributed by atoms with Crippen molar-refractivity contribution < 1.29 is 13.9 Å². The molecule has 0 aliphatic heterocycles. The van der Waals surface area contributed by atoms with Gasteiger partial charge in [-0.2, -0.15) is 0 Å². The van der Waals surface area contributed by atoms with Crippen LogP contribution in [-0.2, 0) is 0 Å². The second-order valence-corrected chi connectivity index (χ2v) is 5.87. The number of halogens is 2. The number of rotatable bonds is 3. The normalized spacial score (nSPS) is 19.4. The van der Waals surface area contributed by atoms with Crippen molar-refractivity contribution in [1.82, 2.24) is 14.5 Å². The van der Waals surface area contributed by atoms with E-state index >= 15 is 0 Å². The highest BCUT2D eigenvalue weighted by molar-refractivity contribution is 5.59. The molecule has 1 aliphatic carbocycles. The van der Waals surface area contributed by atoms with E-state index in [1.807, 2.05) is 6.07 Å². The highest BCUT2D eigenvalue weighted by Crippen LogP contribution is 2.51. The molecule has 7 heteroatoms. The van der Waals surface area contributed by atoms with Crippen LogP contribution >= 0.6 is 0 Å². The van der Waals surface area contributed by atoms with Crippen LogP contribution in [-0.4, -0.2) is 19.6 Å². The molecule has 0 radical (unpaired) electrons. The van der Waals surface area contributed by atoms with Crippen molar-refractivity contribution in [3.8, 4) is 17.1 Å². The van der Waals surface area contributed by atoms with Crippen LogP contribution in [0.3, 0.4) is 0 Å². The van der Waals surface area contributed by atoms with E-state index in [0.29, 0.717) is 11.3 Å². The maximum atomic E-state index is 13.3. The van der Waals surface area contributed by atoms with Gasteiger partial charge in [-0.25, -0.2) is 13.6 Å². The Labute approximate surface area is 135 Å². The molecule has 2 atom stereocenters. The minimum atomic E-state index is -0.652. The van der Waals surface area contributed by atoms with E-state index < -0.39 is 11.6 Å². The van der Waals surface area contributed by atoms with Crippen LogP contribution in [0.1, 0.15) is 23.9 Å². The smallest absolute Gasteiger partial charge is 0.328 e. The number of nitrogens with zero attached hydrogens (tertiary/aromatic N) is 2. The van der Waals surface area contributed by atoms with E-state index in [9.17, 15) is 18.7 Å². The van der Waals surface area contributed by atoms with Crippen molar-refractivity contribution in [2.75, 3.05) is 0 Å². The lowest BCUT2D eigenvalue weighted by Gasteiger charge is -2.05. The zero-order valence-electron chi connectivity index (χ0n) is 12.4. The zero-order valence-corrected chi connectivity index (χ0v) is 12.4. The standard InChI is InChI=1S/C17H13F2N3O2/c18-11-3-10(4-12(19)5-11)14-2-1-9(7-20-14)13-6-15(13)22-16(23)8-21-17(22)24/h1-5,7-8,13,15,23H,6H2,(H,21,24)/t13-,15+/m0/s1. The monoisotopic (exact) mass is 329 g/mol. The molecular weight excluding hydrogens is 316 g/mol. The summed E-state index contributed by atoms with van der Waals surface area (Å²) < 4.78 is 27.9. The summed E-state index contributed by atoms with van der Waals surface area (Å²) in [4.78, 5) is 18.4. The SMILES string of the molecule is O=c1[nH]cc(O)n1[C@@H]1C[C@H]1c1ccc(-c2cc(F)cc(F)c2)nc1. The van der Waals surface area contributed by atoms with Crippen molar-refractivity contribution >= 4 is 0 Å². The first-order chi connectivity index (χ1) is 11.5. The Bertz CT molecular complexity index is 942. The van der Waals surface area contributed by atoms with E-state index in [2.05, 4.69) is 9.97 Å². The Hall–Kier alpha value is -2.96. The van der Waals surface area contributed by atoms with Gasteiger partial charge in [-0.15, -0.1) is 0 Å². The van der Waals surface area contributed by atoms with Crippen LogP contribution in [0.2, 0.25) is 0 Å². The Morgan fingerprint density at radius 3 is 2.54 bits per heavy atom. The number of aromatic hydroxyl groups is 1. The summed E-state index contributed by atoms with van der Waals surface area (Å²) in [7, 11) is 0. The van der Waals surface area contributed by atoms with Crippen LogP contribution < -0.4 is 5.69 Å². The first kappa shape index (κ1) is 14.6. The van der Waals surface area contributed by atoms with E-state index in [0.717, 1.165) is 18.1 Å². The fourth-order valence-electron chi connectivity index (χ4n) is 3.01. The quantitative estimate of drug-likeness (QED) is 0.776. The summed E-state index contributed by atoms with van der Waals surface area (Å²) >= 11 is 0. The average molecular weight is 329 g/mol. The van der Waals surface area contributed by atoms with Crippen LogP contribution in [0.25, 0.3) is 11.3 Å². The van der Waals surface area contributed by atoms with Crippen LogP contribution in [0.5, 0.6) is 5.88 Å². The summed E-state index contributed by atoms with van der Waals surface area (Å²) in [6.07, 6.45) is 3.62. The molecule has 122 valence electrons. The second-order valence-electron chi connectivity index (χ2n) is 5.87. The topological polar surface area (TPSA) is 70.9 Å². The highest BCUT2D eigenvalue weighted by Gasteiger charge is 2.42. The van der Waals surface area contributed by atoms with Gasteiger partial charge in [0.2, 0.25) is 5.88 Å². The molecule has 1 saturated carbocycles. The number of benzene rings is 1. The average Bonchev–Trinajstić information content (AvgIpc) is 3.25. The number of hydrogen-bond acceptors (Lipinski definition) is 3. The molecule has 4 rings (SSSR count). The minimum absolute atomic E-state index is 0.0789. The molecular formula is C17H13F2N3O2. The molecule has 5 nitrogen and oxygen atoms in total. The molecule has 2 heterocycles. The number of H-pyrrole nitrogens is 1. The number of imidazole rings is 1. The third-order valence-electron chi connectivity index (χ3n) is 4.25.